The molecule has 1 fully saturated rings. The van der Waals surface area contributed by atoms with Crippen LogP contribution in [0.2, 0.25) is 0 Å². The summed E-state index contributed by atoms with van der Waals surface area (Å²) in [5.74, 6) is -0.167. The van der Waals surface area contributed by atoms with Crippen LogP contribution >= 0.6 is 23.1 Å². The minimum atomic E-state index is -0.992. The van der Waals surface area contributed by atoms with E-state index in [9.17, 15) is 14.7 Å². The van der Waals surface area contributed by atoms with E-state index >= 15 is 0 Å². The van der Waals surface area contributed by atoms with Crippen LogP contribution < -0.4 is 10.6 Å². The van der Waals surface area contributed by atoms with Gasteiger partial charge in [0.2, 0.25) is 5.91 Å². The number of thiazole rings is 1. The maximum atomic E-state index is 12.7. The van der Waals surface area contributed by atoms with Crippen molar-refractivity contribution in [2.24, 2.45) is 0 Å². The van der Waals surface area contributed by atoms with Gasteiger partial charge < -0.3 is 15.7 Å². The second-order valence-corrected chi connectivity index (χ2v) is 10.3. The van der Waals surface area contributed by atoms with Gasteiger partial charge in [-0.15, -0.1) is 11.3 Å². The molecule has 168 valence electrons. The molecule has 2 aliphatic heterocycles. The van der Waals surface area contributed by atoms with Crippen LogP contribution in [-0.2, 0) is 4.79 Å². The summed E-state index contributed by atoms with van der Waals surface area (Å²) in [6.07, 6.45) is 4.78. The molecule has 2 aliphatic rings. The van der Waals surface area contributed by atoms with Crippen LogP contribution in [0.15, 0.2) is 47.5 Å². The molecule has 4 rings (SSSR count). The van der Waals surface area contributed by atoms with E-state index < -0.39 is 6.09 Å². The van der Waals surface area contributed by atoms with Gasteiger partial charge in [0.15, 0.2) is 0 Å². The zero-order valence-electron chi connectivity index (χ0n) is 18.0. The number of carbonyl (C=O) groups excluding carboxylic acids is 1. The van der Waals surface area contributed by atoms with Crippen LogP contribution in [0.4, 0.5) is 4.79 Å². The van der Waals surface area contributed by atoms with Gasteiger partial charge in [0.1, 0.15) is 5.01 Å². The summed E-state index contributed by atoms with van der Waals surface area (Å²) in [7, 11) is 0. The number of amides is 2. The molecule has 3 N–H and O–H groups in total. The molecule has 1 aromatic heterocycles. The Morgan fingerprint density at radius 1 is 1.41 bits per heavy atom. The highest BCUT2D eigenvalue weighted by atomic mass is 32.2. The van der Waals surface area contributed by atoms with Gasteiger partial charge in [-0.2, -0.15) is 0 Å². The molecule has 0 spiro atoms. The van der Waals surface area contributed by atoms with Crippen LogP contribution in [0.25, 0.3) is 16.3 Å². The lowest BCUT2D eigenvalue weighted by atomic mass is 9.97. The minimum absolute atomic E-state index is 0.0364. The van der Waals surface area contributed by atoms with Crippen molar-refractivity contribution in [2.75, 3.05) is 13.1 Å². The number of fused-ring (bicyclic) bond motifs is 2. The lowest BCUT2D eigenvalue weighted by Crippen LogP contribution is -2.37. The Labute approximate surface area is 195 Å². The number of aromatic nitrogens is 1. The Kier molecular flexibility index (Phi) is 6.68. The van der Waals surface area contributed by atoms with E-state index in [1.54, 1.807) is 23.6 Å². The average molecular weight is 471 g/mol. The Bertz CT molecular complexity index is 1120. The second-order valence-electron chi connectivity index (χ2n) is 8.01. The molecule has 1 aromatic carbocycles. The number of hydrogen-bond acceptors (Lipinski definition) is 6. The largest absolute Gasteiger partial charge is 0.465 e. The highest BCUT2D eigenvalue weighted by Crippen LogP contribution is 2.52. The molecule has 0 radical (unpaired) electrons. The van der Waals surface area contributed by atoms with Crippen molar-refractivity contribution in [2.45, 2.75) is 37.6 Å². The van der Waals surface area contributed by atoms with Crippen molar-refractivity contribution in [3.05, 3.63) is 58.1 Å². The molecular weight excluding hydrogens is 444 g/mol. The maximum Gasteiger partial charge on any atom is 0.411 e. The molecule has 3 heterocycles. The Balaban J connectivity index is 1.63. The van der Waals surface area contributed by atoms with Gasteiger partial charge in [-0.25, -0.2) is 9.78 Å². The molecule has 0 aliphatic carbocycles. The van der Waals surface area contributed by atoms with Crippen LogP contribution in [0, 0.1) is 0 Å². The third-order valence-corrected chi connectivity index (χ3v) is 7.70. The lowest BCUT2D eigenvalue weighted by molar-refractivity contribution is -0.121. The van der Waals surface area contributed by atoms with Gasteiger partial charge in [-0.1, -0.05) is 50.4 Å². The van der Waals surface area contributed by atoms with E-state index in [1.165, 1.54) is 16.7 Å². The number of allylic oxidation sites excluding steroid dienone is 1. The quantitative estimate of drug-likeness (QED) is 0.557. The first kappa shape index (κ1) is 22.6. The molecule has 2 unspecified atom stereocenters. The number of benzene rings is 1. The van der Waals surface area contributed by atoms with Crippen molar-refractivity contribution < 1.29 is 14.7 Å². The van der Waals surface area contributed by atoms with E-state index in [-0.39, 0.29) is 23.7 Å². The van der Waals surface area contributed by atoms with Crippen molar-refractivity contribution >= 4 is 51.4 Å². The molecule has 7 nitrogen and oxygen atoms in total. The molecule has 2 aromatic rings. The van der Waals surface area contributed by atoms with Crippen molar-refractivity contribution in [1.29, 1.82) is 0 Å². The van der Waals surface area contributed by atoms with E-state index in [4.69, 9.17) is 4.98 Å². The summed E-state index contributed by atoms with van der Waals surface area (Å²) in [5, 5.41) is 16.5. The summed E-state index contributed by atoms with van der Waals surface area (Å²) in [5.41, 5.74) is 2.94. The molecule has 32 heavy (non-hydrogen) atoms. The maximum absolute atomic E-state index is 12.7. The highest BCUT2D eigenvalue weighted by molar-refractivity contribution is 8.04. The minimum Gasteiger partial charge on any atom is -0.465 e. The highest BCUT2D eigenvalue weighted by Gasteiger charge is 2.41. The number of nitrogens with one attached hydrogen (secondary N) is 2. The third kappa shape index (κ3) is 4.74. The Hall–Kier alpha value is -2.62. The first-order chi connectivity index (χ1) is 15.4. The van der Waals surface area contributed by atoms with Gasteiger partial charge in [0, 0.05) is 36.7 Å². The zero-order valence-corrected chi connectivity index (χ0v) is 19.6. The molecule has 9 heteroatoms. The summed E-state index contributed by atoms with van der Waals surface area (Å²) in [4.78, 5) is 31.1. The molecule has 0 saturated carbocycles. The van der Waals surface area contributed by atoms with Gasteiger partial charge in [-0.05, 0) is 23.3 Å². The number of hydrogen-bond donors (Lipinski definition) is 3. The molecule has 0 bridgehead atoms. The molecule has 2 atom stereocenters. The van der Waals surface area contributed by atoms with Crippen LogP contribution in [0.1, 0.15) is 36.8 Å². The number of rotatable bonds is 7. The fourth-order valence-corrected chi connectivity index (χ4v) is 6.35. The summed E-state index contributed by atoms with van der Waals surface area (Å²) >= 11 is 3.10. The van der Waals surface area contributed by atoms with Crippen molar-refractivity contribution in [3.63, 3.8) is 0 Å². The number of carbonyl (C=O) groups is 2. The van der Waals surface area contributed by atoms with Gasteiger partial charge >= 0.3 is 6.09 Å². The number of nitrogens with zero attached hydrogens (tertiary/aromatic N) is 2. The SMILES string of the molecule is C=Cc1ccc2sc(C3C4=CCN(C(=O)O)C=C4SC3NC(=O)CCNC(C)C)nc2c1. The first-order valence-electron chi connectivity index (χ1n) is 10.5. The number of thioether (sulfide) groups is 1. The van der Waals surface area contributed by atoms with Crippen LogP contribution in [0.5, 0.6) is 0 Å². The van der Waals surface area contributed by atoms with Crippen LogP contribution in [-0.4, -0.2) is 51.5 Å². The lowest BCUT2D eigenvalue weighted by Gasteiger charge is -2.21. The van der Waals surface area contributed by atoms with E-state index in [2.05, 4.69) is 17.2 Å². The Morgan fingerprint density at radius 3 is 2.94 bits per heavy atom. The normalized spacial score (nSPS) is 20.2. The molecular formula is C23H26N4O3S2. The summed E-state index contributed by atoms with van der Waals surface area (Å²) in [6, 6.07) is 6.38. The monoisotopic (exact) mass is 470 g/mol. The molecule has 1 saturated heterocycles. The van der Waals surface area contributed by atoms with Crippen molar-refractivity contribution in [3.8, 4) is 0 Å². The smallest absolute Gasteiger partial charge is 0.411 e. The van der Waals surface area contributed by atoms with Gasteiger partial charge in [0.25, 0.3) is 0 Å². The first-order valence-corrected chi connectivity index (χ1v) is 12.2. The summed E-state index contributed by atoms with van der Waals surface area (Å²) < 4.78 is 1.07. The third-order valence-electron chi connectivity index (χ3n) is 5.34. The van der Waals surface area contributed by atoms with Gasteiger partial charge in [-0.3, -0.25) is 9.69 Å². The standard InChI is InChI=1S/C23H26N4O3S2/c1-4-14-5-6-17-16(11-14)25-21(31-17)20-15-8-10-27(23(29)30)12-18(15)32-22(20)26-19(28)7-9-24-13(2)3/h4-6,8,11-13,20,22,24H,1,7,9-10H2,2-3H3,(H,26,28)(H,29,30). The van der Waals surface area contributed by atoms with Crippen LogP contribution in [0.3, 0.4) is 0 Å². The van der Waals surface area contributed by atoms with Gasteiger partial charge in [0.05, 0.1) is 21.5 Å². The molecule has 2 amide bonds. The van der Waals surface area contributed by atoms with E-state index in [0.717, 1.165) is 31.3 Å². The fourth-order valence-electron chi connectivity index (χ4n) is 3.75. The van der Waals surface area contributed by atoms with E-state index in [1.807, 2.05) is 38.1 Å². The van der Waals surface area contributed by atoms with Crippen molar-refractivity contribution in [1.82, 2.24) is 20.5 Å². The fraction of sp³-hybridized carbons (Fsp3) is 0.348. The topological polar surface area (TPSA) is 94.6 Å². The predicted octanol–water partition coefficient (Wildman–Crippen LogP) is 4.36. The summed E-state index contributed by atoms with van der Waals surface area (Å²) in [6.45, 7) is 8.81. The second kappa shape index (κ2) is 9.48. The average Bonchev–Trinajstić information content (AvgIpc) is 3.32. The Morgan fingerprint density at radius 2 is 2.22 bits per heavy atom. The number of carboxylic acid groups (broad SMARTS) is 1. The van der Waals surface area contributed by atoms with E-state index in [0.29, 0.717) is 19.0 Å². The zero-order chi connectivity index (χ0) is 22.8. The predicted molar refractivity (Wildman–Crippen MR) is 131 cm³/mol.